The monoisotopic (exact) mass is 342 g/mol. The van der Waals surface area contributed by atoms with Crippen molar-refractivity contribution in [2.24, 2.45) is 0 Å². The van der Waals surface area contributed by atoms with Crippen LogP contribution in [0.15, 0.2) is 51.8 Å². The fraction of sp³-hybridized carbons (Fsp3) is 0.222. The van der Waals surface area contributed by atoms with E-state index in [1.54, 1.807) is 6.92 Å². The van der Waals surface area contributed by atoms with E-state index in [0.29, 0.717) is 29.5 Å². The number of benzene rings is 2. The molecular weight excluding hydrogens is 324 g/mol. The highest BCUT2D eigenvalue weighted by Gasteiger charge is 2.07. The lowest BCUT2D eigenvalue weighted by Crippen LogP contribution is -2.13. The average molecular weight is 342 g/mol. The van der Waals surface area contributed by atoms with Crippen molar-refractivity contribution in [1.82, 2.24) is 4.98 Å². The number of rotatable bonds is 6. The van der Waals surface area contributed by atoms with Crippen molar-refractivity contribution in [2.75, 3.05) is 17.7 Å². The zero-order valence-corrected chi connectivity index (χ0v) is 14.4. The maximum absolute atomic E-state index is 12.1. The molecule has 0 aliphatic carbocycles. The number of carbonyl (C=O) groups excluding carboxylic acids is 1. The van der Waals surface area contributed by atoms with Crippen LogP contribution in [0.1, 0.15) is 12.8 Å². The third kappa shape index (κ3) is 4.08. The molecule has 1 aromatic heterocycles. The maximum atomic E-state index is 12.1. The van der Waals surface area contributed by atoms with Gasteiger partial charge in [-0.15, -0.1) is 11.8 Å². The van der Waals surface area contributed by atoms with Crippen LogP contribution in [0.25, 0.3) is 11.1 Å². The quantitative estimate of drug-likeness (QED) is 0.678. The zero-order chi connectivity index (χ0) is 16.9. The van der Waals surface area contributed by atoms with E-state index < -0.39 is 0 Å². The molecule has 0 atom stereocenters. The van der Waals surface area contributed by atoms with Gasteiger partial charge in [0.15, 0.2) is 11.5 Å². The van der Waals surface area contributed by atoms with Gasteiger partial charge < -0.3 is 14.5 Å². The molecule has 6 heteroatoms. The van der Waals surface area contributed by atoms with Crippen molar-refractivity contribution in [3.8, 4) is 5.75 Å². The predicted molar refractivity (Wildman–Crippen MR) is 95.7 cm³/mol. The lowest BCUT2D eigenvalue weighted by Gasteiger charge is -2.06. The van der Waals surface area contributed by atoms with Gasteiger partial charge in [-0.05, 0) is 49.4 Å². The number of carbonyl (C=O) groups is 1. The summed E-state index contributed by atoms with van der Waals surface area (Å²) in [5.74, 6) is 1.72. The Morgan fingerprint density at radius 3 is 2.79 bits per heavy atom. The second-order valence-corrected chi connectivity index (χ2v) is 6.21. The van der Waals surface area contributed by atoms with Crippen LogP contribution in [-0.4, -0.2) is 23.3 Å². The number of hydrogen-bond acceptors (Lipinski definition) is 5. The summed E-state index contributed by atoms with van der Waals surface area (Å²) in [6, 6.07) is 13.2. The van der Waals surface area contributed by atoms with Crippen LogP contribution in [0.5, 0.6) is 5.75 Å². The summed E-state index contributed by atoms with van der Waals surface area (Å²) in [4.78, 5) is 17.4. The number of ether oxygens (including phenoxy) is 1. The molecule has 1 amide bonds. The fourth-order valence-electron chi connectivity index (χ4n) is 2.27. The highest BCUT2D eigenvalue weighted by Crippen LogP contribution is 2.23. The Kier molecular flexibility index (Phi) is 5.05. The number of oxazole rings is 1. The molecule has 0 bridgehead atoms. The molecule has 0 spiro atoms. The third-order valence-electron chi connectivity index (χ3n) is 3.28. The Hall–Kier alpha value is -2.47. The smallest absolute Gasteiger partial charge is 0.234 e. The van der Waals surface area contributed by atoms with Crippen molar-refractivity contribution in [3.63, 3.8) is 0 Å². The topological polar surface area (TPSA) is 64.4 Å². The first-order chi connectivity index (χ1) is 11.6. The van der Waals surface area contributed by atoms with Gasteiger partial charge in [0.05, 0.1) is 12.4 Å². The Balaban J connectivity index is 1.56. The van der Waals surface area contributed by atoms with E-state index in [4.69, 9.17) is 9.15 Å². The van der Waals surface area contributed by atoms with Crippen LogP contribution in [0.3, 0.4) is 0 Å². The van der Waals surface area contributed by atoms with Gasteiger partial charge in [-0.1, -0.05) is 0 Å². The summed E-state index contributed by atoms with van der Waals surface area (Å²) >= 11 is 1.48. The van der Waals surface area contributed by atoms with E-state index in [1.165, 1.54) is 11.8 Å². The van der Waals surface area contributed by atoms with Crippen molar-refractivity contribution in [2.45, 2.75) is 18.7 Å². The minimum Gasteiger partial charge on any atom is -0.494 e. The van der Waals surface area contributed by atoms with Crippen LogP contribution in [-0.2, 0) is 4.79 Å². The van der Waals surface area contributed by atoms with Gasteiger partial charge >= 0.3 is 0 Å². The normalized spacial score (nSPS) is 10.8. The molecule has 124 valence electrons. The molecule has 0 unspecified atom stereocenters. The molecule has 3 rings (SSSR count). The van der Waals surface area contributed by atoms with Gasteiger partial charge in [0.25, 0.3) is 0 Å². The Morgan fingerprint density at radius 2 is 2.04 bits per heavy atom. The first-order valence-electron chi connectivity index (χ1n) is 7.67. The molecule has 1 heterocycles. The molecule has 5 nitrogen and oxygen atoms in total. The van der Waals surface area contributed by atoms with Gasteiger partial charge in [0.2, 0.25) is 5.91 Å². The lowest BCUT2D eigenvalue weighted by molar-refractivity contribution is -0.113. The van der Waals surface area contributed by atoms with Crippen LogP contribution < -0.4 is 10.1 Å². The van der Waals surface area contributed by atoms with Gasteiger partial charge in [0.1, 0.15) is 11.3 Å². The van der Waals surface area contributed by atoms with Crippen molar-refractivity contribution in [1.29, 1.82) is 0 Å². The Labute approximate surface area is 144 Å². The molecule has 0 fully saturated rings. The highest BCUT2D eigenvalue weighted by atomic mass is 32.2. The minimum atomic E-state index is -0.0616. The first-order valence-corrected chi connectivity index (χ1v) is 8.65. The van der Waals surface area contributed by atoms with Gasteiger partial charge in [-0.3, -0.25) is 4.79 Å². The molecule has 0 radical (unpaired) electrons. The second-order valence-electron chi connectivity index (χ2n) is 5.16. The maximum Gasteiger partial charge on any atom is 0.234 e. The Morgan fingerprint density at radius 1 is 1.25 bits per heavy atom. The molecule has 3 aromatic rings. The average Bonchev–Trinajstić information content (AvgIpc) is 2.94. The molecule has 24 heavy (non-hydrogen) atoms. The molecule has 0 aliphatic heterocycles. The number of amides is 1. The summed E-state index contributed by atoms with van der Waals surface area (Å²) in [5.41, 5.74) is 2.17. The summed E-state index contributed by atoms with van der Waals surface area (Å²) in [6.45, 7) is 4.39. The van der Waals surface area contributed by atoms with E-state index in [2.05, 4.69) is 10.3 Å². The third-order valence-corrected chi connectivity index (χ3v) is 4.29. The van der Waals surface area contributed by atoms with Crippen molar-refractivity contribution in [3.05, 3.63) is 48.4 Å². The first kappa shape index (κ1) is 16.4. The number of thioether (sulfide) groups is 1. The highest BCUT2D eigenvalue weighted by molar-refractivity contribution is 8.00. The largest absolute Gasteiger partial charge is 0.494 e. The molecule has 0 aliphatic rings. The standard InChI is InChI=1S/C18H18N2O3S/c1-3-22-14-5-7-15(8-6-14)24-11-18(21)20-13-4-9-17-16(10-13)19-12(2)23-17/h4-10H,3,11H2,1-2H3,(H,20,21). The lowest BCUT2D eigenvalue weighted by atomic mass is 10.3. The van der Waals surface area contributed by atoms with E-state index in [1.807, 2.05) is 49.4 Å². The second kappa shape index (κ2) is 7.40. The predicted octanol–water partition coefficient (Wildman–Crippen LogP) is 4.27. The molecule has 0 saturated heterocycles. The summed E-state index contributed by atoms with van der Waals surface area (Å²) in [5, 5.41) is 2.88. The summed E-state index contributed by atoms with van der Waals surface area (Å²) in [7, 11) is 0. The van der Waals surface area contributed by atoms with Crippen LogP contribution >= 0.6 is 11.8 Å². The molecule has 1 N–H and O–H groups in total. The van der Waals surface area contributed by atoms with E-state index in [-0.39, 0.29) is 5.91 Å². The summed E-state index contributed by atoms with van der Waals surface area (Å²) < 4.78 is 10.8. The van der Waals surface area contributed by atoms with Gasteiger partial charge in [0, 0.05) is 17.5 Å². The van der Waals surface area contributed by atoms with Crippen LogP contribution in [0.4, 0.5) is 5.69 Å². The fourth-order valence-corrected chi connectivity index (χ4v) is 2.96. The number of aryl methyl sites for hydroxylation is 1. The van der Waals surface area contributed by atoms with Crippen LogP contribution in [0, 0.1) is 6.92 Å². The van der Waals surface area contributed by atoms with E-state index in [0.717, 1.165) is 16.2 Å². The van der Waals surface area contributed by atoms with E-state index >= 15 is 0 Å². The zero-order valence-electron chi connectivity index (χ0n) is 13.5. The number of nitrogens with zero attached hydrogens (tertiary/aromatic N) is 1. The Bertz CT molecular complexity index is 843. The minimum absolute atomic E-state index is 0.0616. The summed E-state index contributed by atoms with van der Waals surface area (Å²) in [6.07, 6.45) is 0. The van der Waals surface area contributed by atoms with Crippen LogP contribution in [0.2, 0.25) is 0 Å². The van der Waals surface area contributed by atoms with Gasteiger partial charge in [-0.25, -0.2) is 4.98 Å². The van der Waals surface area contributed by atoms with Crippen molar-refractivity contribution >= 4 is 34.5 Å². The van der Waals surface area contributed by atoms with Gasteiger partial charge in [-0.2, -0.15) is 0 Å². The van der Waals surface area contributed by atoms with E-state index in [9.17, 15) is 4.79 Å². The molecule has 0 saturated carbocycles. The number of fused-ring (bicyclic) bond motifs is 1. The number of nitrogens with one attached hydrogen (secondary N) is 1. The number of anilines is 1. The number of aromatic nitrogens is 1. The SMILES string of the molecule is CCOc1ccc(SCC(=O)Nc2ccc3oc(C)nc3c2)cc1. The van der Waals surface area contributed by atoms with Crippen molar-refractivity contribution < 1.29 is 13.9 Å². The molecular formula is C18H18N2O3S. The number of hydrogen-bond donors (Lipinski definition) is 1. The molecule has 2 aromatic carbocycles.